The molecule has 3 unspecified atom stereocenters. The third-order valence-electron chi connectivity index (χ3n) is 6.72. The Morgan fingerprint density at radius 1 is 1.09 bits per heavy atom. The Balaban J connectivity index is 0.000000337. The first-order valence-corrected chi connectivity index (χ1v) is 11.6. The van der Waals surface area contributed by atoms with Crippen LogP contribution in [0.3, 0.4) is 0 Å². The third-order valence-corrected chi connectivity index (χ3v) is 6.72. The van der Waals surface area contributed by atoms with Crippen molar-refractivity contribution in [1.82, 2.24) is 4.98 Å². The van der Waals surface area contributed by atoms with Crippen molar-refractivity contribution in [2.24, 2.45) is 11.8 Å². The van der Waals surface area contributed by atoms with E-state index in [1.165, 1.54) is 67.7 Å². The summed E-state index contributed by atoms with van der Waals surface area (Å²) in [5.41, 5.74) is 7.34. The standard InChI is InChI=1S/C24H24N.C5H8O2.Ir/c1-15-9-16(2)11-19(10-15)24-14-22(20-5-3-4-6-23(20)25-24)21-13-17-7-8-18(21)12-17;1-4(6)3-5(2)7;/h3-6,9-10,14,17-18,21H,7-8,12-13H2,1-2H3;3,6H,1-2H3;/q-1;;/b;4-3-;. The number of benzene rings is 2. The maximum atomic E-state index is 10.0. The van der Waals surface area contributed by atoms with Crippen LogP contribution in [0.2, 0.25) is 0 Å². The molecule has 0 aliphatic heterocycles. The number of hydrogen-bond donors (Lipinski definition) is 1. The van der Waals surface area contributed by atoms with Gasteiger partial charge in [0.05, 0.1) is 11.3 Å². The molecule has 1 radical (unpaired) electrons. The molecule has 3 atom stereocenters. The zero-order valence-corrected chi connectivity index (χ0v) is 22.2. The summed E-state index contributed by atoms with van der Waals surface area (Å²) < 4.78 is 0. The summed E-state index contributed by atoms with van der Waals surface area (Å²) in [5.74, 6) is 2.49. The number of rotatable bonds is 3. The molecule has 3 nitrogen and oxygen atoms in total. The van der Waals surface area contributed by atoms with Crippen molar-refractivity contribution in [3.63, 3.8) is 0 Å². The molecule has 1 aromatic heterocycles. The van der Waals surface area contributed by atoms with E-state index in [1.807, 2.05) is 0 Å². The van der Waals surface area contributed by atoms with Crippen LogP contribution in [-0.2, 0) is 24.9 Å². The molecular weight excluding hydrogens is 587 g/mol. The number of aryl methyl sites for hydroxylation is 2. The molecule has 5 rings (SSSR count). The monoisotopic (exact) mass is 619 g/mol. The normalized spacial score (nSPS) is 21.3. The van der Waals surface area contributed by atoms with Gasteiger partial charge in [-0.05, 0) is 68.2 Å². The molecule has 4 heteroatoms. The van der Waals surface area contributed by atoms with Gasteiger partial charge < -0.3 is 5.11 Å². The predicted molar refractivity (Wildman–Crippen MR) is 131 cm³/mol. The third kappa shape index (κ3) is 5.99. The van der Waals surface area contributed by atoms with Crippen LogP contribution in [0, 0.1) is 31.7 Å². The van der Waals surface area contributed by atoms with Crippen molar-refractivity contribution in [3.8, 4) is 11.3 Å². The second-order valence-corrected chi connectivity index (χ2v) is 9.55. The number of aliphatic hydroxyl groups is 1. The minimum atomic E-state index is -0.125. The molecule has 0 saturated heterocycles. The number of para-hydroxylation sites is 1. The van der Waals surface area contributed by atoms with Crippen molar-refractivity contribution in [2.45, 2.75) is 59.3 Å². The van der Waals surface area contributed by atoms with E-state index in [0.29, 0.717) is 0 Å². The van der Waals surface area contributed by atoms with Gasteiger partial charge in [-0.1, -0.05) is 44.5 Å². The second-order valence-electron chi connectivity index (χ2n) is 9.55. The quantitative estimate of drug-likeness (QED) is 0.191. The van der Waals surface area contributed by atoms with Crippen LogP contribution >= 0.6 is 0 Å². The number of fused-ring (bicyclic) bond motifs is 3. The summed E-state index contributed by atoms with van der Waals surface area (Å²) in [6, 6.07) is 19.0. The van der Waals surface area contributed by atoms with Crippen molar-refractivity contribution in [1.29, 1.82) is 0 Å². The first kappa shape index (κ1) is 25.3. The van der Waals surface area contributed by atoms with Crippen LogP contribution in [0.25, 0.3) is 22.2 Å². The second kappa shape index (κ2) is 10.8. The van der Waals surface area contributed by atoms with Crippen LogP contribution in [0.4, 0.5) is 0 Å². The van der Waals surface area contributed by atoms with Gasteiger partial charge >= 0.3 is 0 Å². The van der Waals surface area contributed by atoms with Gasteiger partial charge in [-0.25, -0.2) is 0 Å². The first-order chi connectivity index (χ1) is 15.3. The fraction of sp³-hybridized carbons (Fsp3) is 0.379. The molecule has 2 fully saturated rings. The Morgan fingerprint density at radius 2 is 1.85 bits per heavy atom. The van der Waals surface area contributed by atoms with Crippen LogP contribution in [-0.4, -0.2) is 15.9 Å². The molecule has 175 valence electrons. The van der Waals surface area contributed by atoms with Crippen LogP contribution < -0.4 is 0 Å². The molecular formula is C29H32IrNO2-. The van der Waals surface area contributed by atoms with Gasteiger partial charge in [-0.15, -0.1) is 34.9 Å². The summed E-state index contributed by atoms with van der Waals surface area (Å²) >= 11 is 0. The predicted octanol–water partition coefficient (Wildman–Crippen LogP) is 7.26. The minimum Gasteiger partial charge on any atom is -0.512 e. The number of nitrogens with zero attached hydrogens (tertiary/aromatic N) is 1. The molecule has 0 amide bonds. The molecule has 2 saturated carbocycles. The zero-order chi connectivity index (χ0) is 22.8. The minimum absolute atomic E-state index is 0. The fourth-order valence-electron chi connectivity index (χ4n) is 5.60. The maximum absolute atomic E-state index is 10.0. The van der Waals surface area contributed by atoms with E-state index in [0.717, 1.165) is 34.5 Å². The molecule has 3 aromatic rings. The summed E-state index contributed by atoms with van der Waals surface area (Å²) in [6.45, 7) is 7.12. The van der Waals surface area contributed by atoms with Gasteiger partial charge in [-0.3, -0.25) is 9.78 Å². The number of pyridine rings is 1. The largest absolute Gasteiger partial charge is 0.512 e. The van der Waals surface area contributed by atoms with Gasteiger partial charge in [0, 0.05) is 31.6 Å². The van der Waals surface area contributed by atoms with Gasteiger partial charge in [0.1, 0.15) is 0 Å². The van der Waals surface area contributed by atoms with Crippen molar-refractivity contribution >= 4 is 16.7 Å². The molecule has 2 aliphatic carbocycles. The summed E-state index contributed by atoms with van der Waals surface area (Å²) in [5, 5.41) is 9.72. The Labute approximate surface area is 210 Å². The molecule has 0 spiro atoms. The van der Waals surface area contributed by atoms with E-state index in [-0.39, 0.29) is 31.6 Å². The van der Waals surface area contributed by atoms with Crippen LogP contribution in [0.5, 0.6) is 0 Å². The smallest absolute Gasteiger partial charge is 0.155 e. The Hall–Kier alpha value is -2.29. The number of hydrogen-bond acceptors (Lipinski definition) is 3. The Bertz CT molecular complexity index is 1160. The van der Waals surface area contributed by atoms with E-state index in [9.17, 15) is 4.79 Å². The number of carbonyl (C=O) groups excluding carboxylic acids is 1. The van der Waals surface area contributed by atoms with Gasteiger partial charge in [0.15, 0.2) is 5.78 Å². The SMILES string of the molecule is CC(=O)/C=C(/C)O.Cc1[c-]c(-c2cc(C3CC4CCC3C4)c3ccccc3n2)cc(C)c1.[Ir]. The van der Waals surface area contributed by atoms with Gasteiger partial charge in [0.2, 0.25) is 0 Å². The van der Waals surface area contributed by atoms with Crippen molar-refractivity contribution < 1.29 is 30.0 Å². The number of allylic oxidation sites excluding steroid dienone is 2. The summed E-state index contributed by atoms with van der Waals surface area (Å²) in [6.07, 6.45) is 6.83. The van der Waals surface area contributed by atoms with E-state index in [1.54, 1.807) is 0 Å². The number of carbonyl (C=O) groups is 1. The van der Waals surface area contributed by atoms with Crippen LogP contribution in [0.15, 0.2) is 54.3 Å². The van der Waals surface area contributed by atoms with E-state index in [2.05, 4.69) is 62.4 Å². The zero-order valence-electron chi connectivity index (χ0n) is 19.8. The van der Waals surface area contributed by atoms with Gasteiger partial charge in [-0.2, -0.15) is 0 Å². The Kier molecular flexibility index (Phi) is 8.26. The molecule has 2 bridgehead atoms. The molecule has 1 N–H and O–H groups in total. The average Bonchev–Trinajstić information content (AvgIpc) is 3.35. The van der Waals surface area contributed by atoms with E-state index >= 15 is 0 Å². The molecule has 2 aromatic carbocycles. The fourth-order valence-corrected chi connectivity index (χ4v) is 5.60. The first-order valence-electron chi connectivity index (χ1n) is 11.6. The molecule has 33 heavy (non-hydrogen) atoms. The van der Waals surface area contributed by atoms with Crippen molar-refractivity contribution in [3.05, 3.63) is 77.1 Å². The molecule has 1 heterocycles. The summed E-state index contributed by atoms with van der Waals surface area (Å²) in [4.78, 5) is 15.0. The molecule has 2 aliphatic rings. The van der Waals surface area contributed by atoms with Gasteiger partial charge in [0.25, 0.3) is 0 Å². The maximum Gasteiger partial charge on any atom is 0.155 e. The summed E-state index contributed by atoms with van der Waals surface area (Å²) in [7, 11) is 0. The Morgan fingerprint density at radius 3 is 2.42 bits per heavy atom. The topological polar surface area (TPSA) is 50.2 Å². The van der Waals surface area contributed by atoms with Crippen LogP contribution in [0.1, 0.15) is 62.1 Å². The van der Waals surface area contributed by atoms with E-state index in [4.69, 9.17) is 10.1 Å². The van der Waals surface area contributed by atoms with Crippen molar-refractivity contribution in [2.75, 3.05) is 0 Å². The average molecular weight is 619 g/mol. The van der Waals surface area contributed by atoms with E-state index < -0.39 is 0 Å². The number of ketones is 1. The number of aromatic nitrogens is 1. The number of aliphatic hydroxyl groups excluding tert-OH is 1.